The van der Waals surface area contributed by atoms with Gasteiger partial charge in [0.05, 0.1) is 35.6 Å². The summed E-state index contributed by atoms with van der Waals surface area (Å²) in [7, 11) is 0. The summed E-state index contributed by atoms with van der Waals surface area (Å²) < 4.78 is 7.36. The first-order valence-electron chi connectivity index (χ1n) is 12.7. The van der Waals surface area contributed by atoms with Gasteiger partial charge in [0, 0.05) is 24.1 Å². The number of carbonyl (C=O) groups excluding carboxylic acids is 2. The lowest BCUT2D eigenvalue weighted by atomic mass is 9.87. The van der Waals surface area contributed by atoms with Crippen LogP contribution < -0.4 is 4.90 Å². The average molecular weight is 539 g/mol. The molecule has 3 aromatic rings. The highest BCUT2D eigenvalue weighted by molar-refractivity contribution is 8.00. The largest absolute Gasteiger partial charge is 0.378 e. The van der Waals surface area contributed by atoms with Crippen molar-refractivity contribution >= 4 is 40.7 Å². The van der Waals surface area contributed by atoms with Crippen molar-refractivity contribution in [2.45, 2.75) is 45.3 Å². The topological polar surface area (TPSA) is 67.7 Å². The van der Waals surface area contributed by atoms with Crippen molar-refractivity contribution in [2.24, 2.45) is 0 Å². The smallest absolute Gasteiger partial charge is 0.242 e. The van der Waals surface area contributed by atoms with Crippen molar-refractivity contribution in [3.8, 4) is 5.69 Å². The van der Waals surface area contributed by atoms with Gasteiger partial charge >= 0.3 is 0 Å². The molecule has 5 rings (SSSR count). The van der Waals surface area contributed by atoms with Crippen LogP contribution in [0.15, 0.2) is 35.0 Å². The Bertz CT molecular complexity index is 1300. The monoisotopic (exact) mass is 538 g/mol. The summed E-state index contributed by atoms with van der Waals surface area (Å²) in [5.41, 5.74) is 6.03. The minimum atomic E-state index is -0.268. The molecule has 196 valence electrons. The van der Waals surface area contributed by atoms with E-state index in [0.29, 0.717) is 37.9 Å². The Labute approximate surface area is 226 Å². The van der Waals surface area contributed by atoms with Gasteiger partial charge in [0.1, 0.15) is 12.4 Å². The normalized spacial score (nSPS) is 18.6. The molecule has 0 bridgehead atoms. The Hall–Kier alpha value is -2.62. The Kier molecular flexibility index (Phi) is 7.22. The minimum absolute atomic E-state index is 0.0110. The van der Waals surface area contributed by atoms with Crippen LogP contribution in [-0.4, -0.2) is 65.1 Å². The van der Waals surface area contributed by atoms with E-state index >= 15 is 0 Å². The predicted octanol–water partition coefficient (Wildman–Crippen LogP) is 4.88. The molecule has 4 heterocycles. The molecule has 2 aliphatic heterocycles. The third-order valence-corrected chi connectivity index (χ3v) is 8.84. The van der Waals surface area contributed by atoms with Gasteiger partial charge < -0.3 is 9.64 Å². The number of benzene rings is 1. The van der Waals surface area contributed by atoms with Crippen LogP contribution in [0.25, 0.3) is 5.69 Å². The first kappa shape index (κ1) is 26.0. The van der Waals surface area contributed by atoms with E-state index in [4.69, 9.17) is 9.84 Å². The number of hydrogen-bond donors (Lipinski definition) is 0. The average Bonchev–Trinajstić information content (AvgIpc) is 3.49. The number of carbonyl (C=O) groups is 2. The molecular weight excluding hydrogens is 504 g/mol. The van der Waals surface area contributed by atoms with Gasteiger partial charge in [-0.05, 0) is 47.9 Å². The fraction of sp³-hybridized carbons (Fsp3) is 0.464. The summed E-state index contributed by atoms with van der Waals surface area (Å²) in [5, 5.41) is 9.38. The van der Waals surface area contributed by atoms with Gasteiger partial charge in [-0.2, -0.15) is 16.4 Å². The van der Waals surface area contributed by atoms with Crippen LogP contribution in [0.1, 0.15) is 54.0 Å². The number of fused-ring (bicyclic) bond motifs is 1. The number of rotatable bonds is 4. The number of hydrogen-bond acceptors (Lipinski definition) is 6. The number of anilines is 1. The predicted molar refractivity (Wildman–Crippen MR) is 150 cm³/mol. The fourth-order valence-electron chi connectivity index (χ4n) is 5.02. The molecule has 0 radical (unpaired) electrons. The third-order valence-electron chi connectivity index (χ3n) is 6.88. The highest BCUT2D eigenvalue weighted by Gasteiger charge is 2.40. The van der Waals surface area contributed by atoms with Crippen LogP contribution >= 0.6 is 23.1 Å². The van der Waals surface area contributed by atoms with E-state index < -0.39 is 0 Å². The van der Waals surface area contributed by atoms with E-state index in [-0.39, 0.29) is 29.0 Å². The fourth-order valence-corrected chi connectivity index (χ4v) is 6.98. The van der Waals surface area contributed by atoms with E-state index in [1.165, 1.54) is 0 Å². The van der Waals surface area contributed by atoms with Crippen molar-refractivity contribution in [3.05, 3.63) is 63.0 Å². The van der Waals surface area contributed by atoms with E-state index in [9.17, 15) is 9.59 Å². The van der Waals surface area contributed by atoms with Crippen LogP contribution in [0.4, 0.5) is 5.82 Å². The van der Waals surface area contributed by atoms with Gasteiger partial charge in [-0.3, -0.25) is 14.5 Å². The van der Waals surface area contributed by atoms with E-state index in [1.54, 1.807) is 32.9 Å². The summed E-state index contributed by atoms with van der Waals surface area (Å²) in [4.78, 5) is 30.7. The lowest BCUT2D eigenvalue weighted by molar-refractivity contribution is -0.134. The molecule has 1 saturated heterocycles. The SMILES string of the molecule is Cc1ccc(-n2nc(C(C)(C)C)c3c2N(CC(=O)N2CCOCC2)C(=O)CSC3c2ccsc2)c(C)c1. The molecule has 1 aromatic carbocycles. The number of aromatic nitrogens is 2. The van der Waals surface area contributed by atoms with Gasteiger partial charge in [-0.25, -0.2) is 4.68 Å². The van der Waals surface area contributed by atoms with Crippen LogP contribution in [0.5, 0.6) is 0 Å². The van der Waals surface area contributed by atoms with E-state index in [2.05, 4.69) is 69.6 Å². The lowest BCUT2D eigenvalue weighted by Gasteiger charge is -2.30. The number of morpholine rings is 1. The first-order chi connectivity index (χ1) is 17.6. The summed E-state index contributed by atoms with van der Waals surface area (Å²) in [6.07, 6.45) is 0. The molecule has 2 aromatic heterocycles. The Balaban J connectivity index is 1.73. The maximum Gasteiger partial charge on any atom is 0.242 e. The molecule has 0 N–H and O–H groups in total. The van der Waals surface area contributed by atoms with Gasteiger partial charge in [-0.15, -0.1) is 11.8 Å². The molecule has 0 saturated carbocycles. The molecule has 37 heavy (non-hydrogen) atoms. The second kappa shape index (κ2) is 10.3. The molecule has 9 heteroatoms. The second-order valence-corrected chi connectivity index (χ2v) is 12.6. The standard InChI is InChI=1S/C28H34N4O3S2/c1-18-6-7-21(19(2)14-18)32-27-24(26(29-32)28(3,4)5)25(20-8-13-36-16-20)37-17-23(34)31(27)15-22(33)30-9-11-35-12-10-30/h6-8,13-14,16,25H,9-12,15,17H2,1-5H3. The number of nitrogens with zero attached hydrogens (tertiary/aromatic N) is 4. The van der Waals surface area contributed by atoms with Crippen molar-refractivity contribution in [1.29, 1.82) is 0 Å². The summed E-state index contributed by atoms with van der Waals surface area (Å²) in [6.45, 7) is 12.7. The first-order valence-corrected chi connectivity index (χ1v) is 14.6. The molecule has 2 aliphatic rings. The van der Waals surface area contributed by atoms with Crippen molar-refractivity contribution in [3.63, 3.8) is 0 Å². The molecule has 1 atom stereocenters. The maximum atomic E-state index is 13.8. The van der Waals surface area contributed by atoms with Crippen LogP contribution in [0, 0.1) is 13.8 Å². The Morgan fingerprint density at radius 2 is 1.92 bits per heavy atom. The second-order valence-electron chi connectivity index (χ2n) is 10.8. The molecule has 7 nitrogen and oxygen atoms in total. The highest BCUT2D eigenvalue weighted by atomic mass is 32.2. The molecule has 1 fully saturated rings. The quantitative estimate of drug-likeness (QED) is 0.474. The number of thiophene rings is 1. The maximum absolute atomic E-state index is 13.8. The minimum Gasteiger partial charge on any atom is -0.378 e. The highest BCUT2D eigenvalue weighted by Crippen LogP contribution is 2.49. The van der Waals surface area contributed by atoms with Crippen molar-refractivity contribution in [1.82, 2.24) is 14.7 Å². The van der Waals surface area contributed by atoms with Crippen LogP contribution in [-0.2, 0) is 19.7 Å². The number of thioether (sulfide) groups is 1. The lowest BCUT2D eigenvalue weighted by Crippen LogP contribution is -2.48. The molecule has 1 unspecified atom stereocenters. The Morgan fingerprint density at radius 3 is 2.57 bits per heavy atom. The van der Waals surface area contributed by atoms with Crippen LogP contribution in [0.3, 0.4) is 0 Å². The van der Waals surface area contributed by atoms with Crippen LogP contribution in [0.2, 0.25) is 0 Å². The van der Waals surface area contributed by atoms with Crippen molar-refractivity contribution < 1.29 is 14.3 Å². The van der Waals surface area contributed by atoms with E-state index in [1.807, 2.05) is 4.68 Å². The Morgan fingerprint density at radius 1 is 1.16 bits per heavy atom. The number of ether oxygens (including phenoxy) is 1. The summed E-state index contributed by atoms with van der Waals surface area (Å²) >= 11 is 3.28. The van der Waals surface area contributed by atoms with Gasteiger partial charge in [0.2, 0.25) is 11.8 Å². The number of aryl methyl sites for hydroxylation is 2. The van der Waals surface area contributed by atoms with Gasteiger partial charge in [-0.1, -0.05) is 38.5 Å². The van der Waals surface area contributed by atoms with Gasteiger partial charge in [0.25, 0.3) is 0 Å². The van der Waals surface area contributed by atoms with Gasteiger partial charge in [0.15, 0.2) is 0 Å². The van der Waals surface area contributed by atoms with Crippen molar-refractivity contribution in [2.75, 3.05) is 43.5 Å². The summed E-state index contributed by atoms with van der Waals surface area (Å²) in [5.74, 6) is 0.871. The zero-order chi connectivity index (χ0) is 26.3. The summed E-state index contributed by atoms with van der Waals surface area (Å²) in [6, 6.07) is 8.40. The number of amides is 2. The molecule has 0 aliphatic carbocycles. The molecule has 0 spiro atoms. The zero-order valence-electron chi connectivity index (χ0n) is 22.1. The zero-order valence-corrected chi connectivity index (χ0v) is 23.7. The molecule has 2 amide bonds. The van der Waals surface area contributed by atoms with E-state index in [0.717, 1.165) is 33.6 Å². The molecular formula is C28H34N4O3S2. The third kappa shape index (κ3) is 5.09.